The van der Waals surface area contributed by atoms with Gasteiger partial charge in [0.2, 0.25) is 0 Å². The molecule has 1 rings (SSSR count). The van der Waals surface area contributed by atoms with Gasteiger partial charge in [-0.05, 0) is 13.3 Å². The van der Waals surface area contributed by atoms with Crippen LogP contribution in [0.2, 0.25) is 0 Å². The summed E-state index contributed by atoms with van der Waals surface area (Å²) in [5.74, 6) is 0.406. The second-order valence-corrected chi connectivity index (χ2v) is 2.51. The molecule has 56 valence electrons. The monoisotopic (exact) mass is 140 g/mol. The third-order valence-corrected chi connectivity index (χ3v) is 1.64. The van der Waals surface area contributed by atoms with Gasteiger partial charge in [0.05, 0.1) is 6.61 Å². The molecule has 0 aromatic carbocycles. The van der Waals surface area contributed by atoms with Gasteiger partial charge in [-0.1, -0.05) is 12.2 Å². The molecule has 1 aliphatic rings. The highest BCUT2D eigenvalue weighted by atomic mass is 16.5. The van der Waals surface area contributed by atoms with Crippen LogP contribution >= 0.6 is 0 Å². The third kappa shape index (κ3) is 1.87. The second kappa shape index (κ2) is 3.40. The molecule has 2 nitrogen and oxygen atoms in total. The Labute approximate surface area is 60.9 Å². The quantitative estimate of drug-likeness (QED) is 0.407. The number of carbonyl (C=O) groups is 1. The molecule has 1 heterocycles. The van der Waals surface area contributed by atoms with Crippen LogP contribution in [0.5, 0.6) is 0 Å². The Morgan fingerprint density at radius 2 is 2.50 bits per heavy atom. The van der Waals surface area contributed by atoms with Gasteiger partial charge in [0.25, 0.3) is 0 Å². The number of hydrogen-bond acceptors (Lipinski definition) is 2. The molecule has 0 saturated carbocycles. The van der Waals surface area contributed by atoms with Crippen molar-refractivity contribution in [2.75, 3.05) is 6.61 Å². The molecule has 0 amide bonds. The highest BCUT2D eigenvalue weighted by molar-refractivity contribution is 5.70. The molecule has 0 aliphatic carbocycles. The van der Waals surface area contributed by atoms with Crippen molar-refractivity contribution >= 4 is 5.97 Å². The molecule has 1 aliphatic heterocycles. The molecule has 10 heavy (non-hydrogen) atoms. The molecule has 2 heteroatoms. The third-order valence-electron chi connectivity index (χ3n) is 1.64. The Morgan fingerprint density at radius 1 is 1.70 bits per heavy atom. The Morgan fingerprint density at radius 3 is 3.00 bits per heavy atom. The lowest BCUT2D eigenvalue weighted by Gasteiger charge is -2.17. The van der Waals surface area contributed by atoms with Crippen LogP contribution in [0, 0.1) is 5.92 Å². The molecule has 1 fully saturated rings. The van der Waals surface area contributed by atoms with Crippen LogP contribution < -0.4 is 0 Å². The van der Waals surface area contributed by atoms with Crippen molar-refractivity contribution in [2.45, 2.75) is 19.8 Å². The molecular formula is C8H12O2. The first-order valence-electron chi connectivity index (χ1n) is 3.61. The highest BCUT2D eigenvalue weighted by Crippen LogP contribution is 2.15. The number of ether oxygens (including phenoxy) is 1. The lowest BCUT2D eigenvalue weighted by atomic mass is 10.0. The molecular weight excluding hydrogens is 128 g/mol. The summed E-state index contributed by atoms with van der Waals surface area (Å²) in [5.41, 5.74) is 0. The number of rotatable bonds is 1. The van der Waals surface area contributed by atoms with Crippen molar-refractivity contribution in [3.8, 4) is 0 Å². The first-order chi connectivity index (χ1) is 4.83. The van der Waals surface area contributed by atoms with Gasteiger partial charge in [-0.25, -0.2) is 0 Å². The Hall–Kier alpha value is -0.790. The summed E-state index contributed by atoms with van der Waals surface area (Å²) in [6.45, 7) is 2.56. The Kier molecular flexibility index (Phi) is 2.49. The fourth-order valence-corrected chi connectivity index (χ4v) is 1.08. The zero-order valence-corrected chi connectivity index (χ0v) is 6.17. The van der Waals surface area contributed by atoms with Gasteiger partial charge < -0.3 is 4.74 Å². The number of cyclic esters (lactones) is 1. The molecule has 0 spiro atoms. The molecule has 0 aromatic heterocycles. The largest absolute Gasteiger partial charge is 0.465 e. The summed E-state index contributed by atoms with van der Waals surface area (Å²) >= 11 is 0. The van der Waals surface area contributed by atoms with E-state index in [9.17, 15) is 4.79 Å². The molecule has 1 atom stereocenters. The molecule has 0 bridgehead atoms. The summed E-state index contributed by atoms with van der Waals surface area (Å²) in [5, 5.41) is 0. The van der Waals surface area contributed by atoms with E-state index in [0.717, 1.165) is 6.42 Å². The van der Waals surface area contributed by atoms with Gasteiger partial charge in [0, 0.05) is 12.3 Å². The lowest BCUT2D eigenvalue weighted by molar-refractivity contribution is -0.148. The minimum Gasteiger partial charge on any atom is -0.465 e. The summed E-state index contributed by atoms with van der Waals surface area (Å²) < 4.78 is 4.85. The molecule has 1 saturated heterocycles. The van der Waals surface area contributed by atoms with Crippen LogP contribution in [0.4, 0.5) is 0 Å². The van der Waals surface area contributed by atoms with Crippen molar-refractivity contribution in [3.63, 3.8) is 0 Å². The van der Waals surface area contributed by atoms with Gasteiger partial charge in [-0.15, -0.1) is 0 Å². The molecule has 0 radical (unpaired) electrons. The van der Waals surface area contributed by atoms with Gasteiger partial charge in [0.15, 0.2) is 0 Å². The van der Waals surface area contributed by atoms with Gasteiger partial charge in [-0.3, -0.25) is 4.79 Å². The zero-order valence-electron chi connectivity index (χ0n) is 6.17. The first-order valence-corrected chi connectivity index (χ1v) is 3.61. The maximum absolute atomic E-state index is 10.6. The van der Waals surface area contributed by atoms with Crippen LogP contribution in [0.1, 0.15) is 19.8 Å². The summed E-state index contributed by atoms with van der Waals surface area (Å²) in [6, 6.07) is 0. The van der Waals surface area contributed by atoms with E-state index in [4.69, 9.17) is 4.74 Å². The second-order valence-electron chi connectivity index (χ2n) is 2.51. The van der Waals surface area contributed by atoms with Crippen molar-refractivity contribution < 1.29 is 9.53 Å². The van der Waals surface area contributed by atoms with Crippen LogP contribution in [-0.2, 0) is 9.53 Å². The zero-order chi connectivity index (χ0) is 7.40. The van der Waals surface area contributed by atoms with Crippen LogP contribution in [0.25, 0.3) is 0 Å². The SMILES string of the molecule is CC=CC1CCC(=O)OC1. The van der Waals surface area contributed by atoms with E-state index in [1.165, 1.54) is 0 Å². The predicted molar refractivity (Wildman–Crippen MR) is 38.5 cm³/mol. The maximum Gasteiger partial charge on any atom is 0.305 e. The standard InChI is InChI=1S/C8H12O2/c1-2-3-7-4-5-8(9)10-6-7/h2-3,7H,4-6H2,1H3. The van der Waals surface area contributed by atoms with Gasteiger partial charge in [0.1, 0.15) is 0 Å². The van der Waals surface area contributed by atoms with E-state index in [1.807, 2.05) is 13.0 Å². The van der Waals surface area contributed by atoms with E-state index in [-0.39, 0.29) is 5.97 Å². The normalized spacial score (nSPS) is 26.9. The highest BCUT2D eigenvalue weighted by Gasteiger charge is 2.16. The fraction of sp³-hybridized carbons (Fsp3) is 0.625. The Bertz CT molecular complexity index is 139. The average molecular weight is 140 g/mol. The van der Waals surface area contributed by atoms with E-state index < -0.39 is 0 Å². The topological polar surface area (TPSA) is 26.3 Å². The van der Waals surface area contributed by atoms with Crippen molar-refractivity contribution in [3.05, 3.63) is 12.2 Å². The molecule has 1 unspecified atom stereocenters. The minimum absolute atomic E-state index is 0.0549. The van der Waals surface area contributed by atoms with E-state index in [0.29, 0.717) is 18.9 Å². The number of carbonyl (C=O) groups excluding carboxylic acids is 1. The van der Waals surface area contributed by atoms with Crippen LogP contribution in [-0.4, -0.2) is 12.6 Å². The van der Waals surface area contributed by atoms with Gasteiger partial charge >= 0.3 is 5.97 Å². The van der Waals surface area contributed by atoms with Crippen LogP contribution in [0.15, 0.2) is 12.2 Å². The van der Waals surface area contributed by atoms with E-state index in [2.05, 4.69) is 6.08 Å². The molecule has 0 aromatic rings. The van der Waals surface area contributed by atoms with Crippen molar-refractivity contribution in [1.82, 2.24) is 0 Å². The van der Waals surface area contributed by atoms with E-state index in [1.54, 1.807) is 0 Å². The van der Waals surface area contributed by atoms with Crippen LogP contribution in [0.3, 0.4) is 0 Å². The summed E-state index contributed by atoms with van der Waals surface area (Å²) in [6.07, 6.45) is 5.62. The summed E-state index contributed by atoms with van der Waals surface area (Å²) in [4.78, 5) is 10.6. The van der Waals surface area contributed by atoms with Gasteiger partial charge in [-0.2, -0.15) is 0 Å². The van der Waals surface area contributed by atoms with E-state index >= 15 is 0 Å². The average Bonchev–Trinajstić information content (AvgIpc) is 1.95. The number of esters is 1. The number of hydrogen-bond donors (Lipinski definition) is 0. The first kappa shape index (κ1) is 7.32. The summed E-state index contributed by atoms with van der Waals surface area (Å²) in [7, 11) is 0. The number of allylic oxidation sites excluding steroid dienone is 1. The smallest absolute Gasteiger partial charge is 0.305 e. The maximum atomic E-state index is 10.6. The minimum atomic E-state index is -0.0549. The Balaban J connectivity index is 2.32. The van der Waals surface area contributed by atoms with Crippen molar-refractivity contribution in [2.24, 2.45) is 5.92 Å². The fourth-order valence-electron chi connectivity index (χ4n) is 1.08. The van der Waals surface area contributed by atoms with Crippen molar-refractivity contribution in [1.29, 1.82) is 0 Å². The predicted octanol–water partition coefficient (Wildman–Crippen LogP) is 1.52. The molecule has 0 N–H and O–H groups in total. The lowest BCUT2D eigenvalue weighted by Crippen LogP contribution is -2.19.